The van der Waals surface area contributed by atoms with Gasteiger partial charge in [0.05, 0.1) is 6.54 Å². The van der Waals surface area contributed by atoms with E-state index in [1.165, 1.54) is 0 Å². The maximum Gasteiger partial charge on any atom is 0.251 e. The van der Waals surface area contributed by atoms with Gasteiger partial charge in [-0.05, 0) is 56.0 Å². The fourth-order valence-electron chi connectivity index (χ4n) is 4.24. The Balaban J connectivity index is 1.53. The number of fused-ring (bicyclic) bond motifs is 1. The predicted octanol–water partition coefficient (Wildman–Crippen LogP) is 4.88. The molecule has 2 amide bonds. The fourth-order valence-corrected chi connectivity index (χ4v) is 4.24. The highest BCUT2D eigenvalue weighted by Crippen LogP contribution is 2.31. The quantitative estimate of drug-likeness (QED) is 0.589. The number of benzene rings is 3. The molecule has 0 bridgehead atoms. The zero-order chi connectivity index (χ0) is 22.5. The molecule has 32 heavy (non-hydrogen) atoms. The molecule has 0 fully saturated rings. The number of hydrogen-bond donors (Lipinski definition) is 2. The molecule has 5 heteroatoms. The Bertz CT molecular complexity index is 1110. The predicted molar refractivity (Wildman–Crippen MR) is 130 cm³/mol. The summed E-state index contributed by atoms with van der Waals surface area (Å²) in [5, 5.41) is 6.07. The lowest BCUT2D eigenvalue weighted by atomic mass is 9.95. The highest BCUT2D eigenvalue weighted by Gasteiger charge is 2.24. The summed E-state index contributed by atoms with van der Waals surface area (Å²) in [4.78, 5) is 27.7. The van der Waals surface area contributed by atoms with Crippen LogP contribution in [0.25, 0.3) is 11.1 Å². The van der Waals surface area contributed by atoms with E-state index in [4.69, 9.17) is 0 Å². The summed E-state index contributed by atoms with van der Waals surface area (Å²) >= 11 is 0. The third kappa shape index (κ3) is 4.83. The monoisotopic (exact) mass is 427 g/mol. The Labute approximate surface area is 189 Å². The molecule has 164 valence electrons. The average Bonchev–Trinajstić information content (AvgIpc) is 2.79. The standard InChI is InChI=1S/C27H29N3O2/c1-19(2)28-27(32)23-13-8-16-25-22(23)14-9-17-30(25)18-26(31)29-24-15-7-6-12-21(24)20-10-4-3-5-11-20/h3-8,10-13,15-16,19H,9,14,17-18H2,1-2H3,(H,28,32)(H,29,31). The molecular formula is C27H29N3O2. The van der Waals surface area contributed by atoms with Crippen LogP contribution >= 0.6 is 0 Å². The highest BCUT2D eigenvalue weighted by molar-refractivity contribution is 6.00. The molecule has 5 nitrogen and oxygen atoms in total. The molecule has 0 aromatic heterocycles. The minimum Gasteiger partial charge on any atom is -0.362 e. The number of anilines is 2. The molecule has 3 aromatic rings. The van der Waals surface area contributed by atoms with Crippen molar-refractivity contribution in [3.05, 3.63) is 83.9 Å². The zero-order valence-electron chi connectivity index (χ0n) is 18.6. The van der Waals surface area contributed by atoms with Crippen molar-refractivity contribution in [1.82, 2.24) is 5.32 Å². The second-order valence-electron chi connectivity index (χ2n) is 8.42. The number of carbonyl (C=O) groups is 2. The van der Waals surface area contributed by atoms with E-state index < -0.39 is 0 Å². The number of amides is 2. The van der Waals surface area contributed by atoms with E-state index in [1.807, 2.05) is 86.6 Å². The molecule has 0 spiro atoms. The van der Waals surface area contributed by atoms with Gasteiger partial charge in [-0.3, -0.25) is 9.59 Å². The Morgan fingerprint density at radius 3 is 2.47 bits per heavy atom. The van der Waals surface area contributed by atoms with E-state index in [0.717, 1.165) is 47.5 Å². The lowest BCUT2D eigenvalue weighted by Gasteiger charge is -2.32. The van der Waals surface area contributed by atoms with Gasteiger partial charge in [0.15, 0.2) is 0 Å². The van der Waals surface area contributed by atoms with Crippen molar-refractivity contribution < 1.29 is 9.59 Å². The summed E-state index contributed by atoms with van der Waals surface area (Å²) in [5.41, 5.74) is 5.55. The Hall–Kier alpha value is -3.60. The van der Waals surface area contributed by atoms with Crippen molar-refractivity contribution in [1.29, 1.82) is 0 Å². The Kier molecular flexibility index (Phi) is 6.55. The van der Waals surface area contributed by atoms with Crippen LogP contribution in [0.3, 0.4) is 0 Å². The van der Waals surface area contributed by atoms with Crippen molar-refractivity contribution in [3.63, 3.8) is 0 Å². The van der Waals surface area contributed by atoms with Crippen molar-refractivity contribution in [2.75, 3.05) is 23.3 Å². The van der Waals surface area contributed by atoms with Crippen molar-refractivity contribution in [2.45, 2.75) is 32.7 Å². The van der Waals surface area contributed by atoms with E-state index in [1.54, 1.807) is 0 Å². The van der Waals surface area contributed by atoms with Gasteiger partial charge in [-0.2, -0.15) is 0 Å². The van der Waals surface area contributed by atoms with Crippen LogP contribution in [-0.4, -0.2) is 30.9 Å². The van der Waals surface area contributed by atoms with E-state index in [2.05, 4.69) is 15.5 Å². The van der Waals surface area contributed by atoms with Gasteiger partial charge in [0.2, 0.25) is 5.91 Å². The number of hydrogen-bond acceptors (Lipinski definition) is 3. The first-order valence-electron chi connectivity index (χ1n) is 11.1. The number of nitrogens with one attached hydrogen (secondary N) is 2. The first-order valence-corrected chi connectivity index (χ1v) is 11.1. The average molecular weight is 428 g/mol. The van der Waals surface area contributed by atoms with E-state index in [0.29, 0.717) is 5.56 Å². The normalized spacial score (nSPS) is 12.9. The number of rotatable bonds is 6. The zero-order valence-corrected chi connectivity index (χ0v) is 18.6. The molecule has 0 saturated carbocycles. The molecule has 0 radical (unpaired) electrons. The molecule has 1 heterocycles. The molecule has 3 aromatic carbocycles. The van der Waals surface area contributed by atoms with Crippen LogP contribution in [-0.2, 0) is 11.2 Å². The molecule has 4 rings (SSSR count). The Morgan fingerprint density at radius 2 is 1.69 bits per heavy atom. The maximum atomic E-state index is 13.0. The van der Waals surface area contributed by atoms with E-state index in [-0.39, 0.29) is 24.4 Å². The summed E-state index contributed by atoms with van der Waals surface area (Å²) in [6.45, 7) is 4.94. The van der Waals surface area contributed by atoms with Gasteiger partial charge >= 0.3 is 0 Å². The van der Waals surface area contributed by atoms with Crippen molar-refractivity contribution >= 4 is 23.2 Å². The Morgan fingerprint density at radius 1 is 0.938 bits per heavy atom. The van der Waals surface area contributed by atoms with Gasteiger partial charge in [0.1, 0.15) is 0 Å². The van der Waals surface area contributed by atoms with Crippen molar-refractivity contribution in [3.8, 4) is 11.1 Å². The second kappa shape index (κ2) is 9.69. The van der Waals surface area contributed by atoms with Gasteiger partial charge in [-0.15, -0.1) is 0 Å². The van der Waals surface area contributed by atoms with Gasteiger partial charge in [-0.1, -0.05) is 54.6 Å². The minimum absolute atomic E-state index is 0.0556. The van der Waals surface area contributed by atoms with Crippen LogP contribution in [0, 0.1) is 0 Å². The molecule has 1 aliphatic heterocycles. The van der Waals surface area contributed by atoms with E-state index >= 15 is 0 Å². The first-order chi connectivity index (χ1) is 15.5. The largest absolute Gasteiger partial charge is 0.362 e. The molecule has 0 saturated heterocycles. The maximum absolute atomic E-state index is 13.0. The third-order valence-corrected chi connectivity index (χ3v) is 5.63. The summed E-state index contributed by atoms with van der Waals surface area (Å²) in [6, 6.07) is 23.7. The number of para-hydroxylation sites is 1. The lowest BCUT2D eigenvalue weighted by molar-refractivity contribution is -0.115. The summed E-state index contributed by atoms with van der Waals surface area (Å²) < 4.78 is 0. The van der Waals surface area contributed by atoms with Gasteiger partial charge in [0, 0.05) is 35.1 Å². The second-order valence-corrected chi connectivity index (χ2v) is 8.42. The lowest BCUT2D eigenvalue weighted by Crippen LogP contribution is -2.38. The van der Waals surface area contributed by atoms with Crippen LogP contribution in [0.1, 0.15) is 36.2 Å². The summed E-state index contributed by atoms with van der Waals surface area (Å²) in [7, 11) is 0. The first kappa shape index (κ1) is 21.6. The SMILES string of the molecule is CC(C)NC(=O)c1cccc2c1CCCN2CC(=O)Nc1ccccc1-c1ccccc1. The smallest absolute Gasteiger partial charge is 0.251 e. The topological polar surface area (TPSA) is 61.4 Å². The fraction of sp³-hybridized carbons (Fsp3) is 0.259. The van der Waals surface area contributed by atoms with Crippen LogP contribution in [0.2, 0.25) is 0 Å². The van der Waals surface area contributed by atoms with Crippen LogP contribution in [0.15, 0.2) is 72.8 Å². The van der Waals surface area contributed by atoms with E-state index in [9.17, 15) is 9.59 Å². The molecule has 0 atom stereocenters. The van der Waals surface area contributed by atoms with Crippen LogP contribution < -0.4 is 15.5 Å². The molecule has 0 aliphatic carbocycles. The highest BCUT2D eigenvalue weighted by atomic mass is 16.2. The molecule has 0 unspecified atom stereocenters. The number of nitrogens with zero attached hydrogens (tertiary/aromatic N) is 1. The molecule has 2 N–H and O–H groups in total. The van der Waals surface area contributed by atoms with Crippen LogP contribution in [0.5, 0.6) is 0 Å². The van der Waals surface area contributed by atoms with Gasteiger partial charge < -0.3 is 15.5 Å². The van der Waals surface area contributed by atoms with Gasteiger partial charge in [0.25, 0.3) is 5.91 Å². The number of carbonyl (C=O) groups excluding carboxylic acids is 2. The van der Waals surface area contributed by atoms with Crippen molar-refractivity contribution in [2.24, 2.45) is 0 Å². The van der Waals surface area contributed by atoms with Crippen LogP contribution in [0.4, 0.5) is 11.4 Å². The summed E-state index contributed by atoms with van der Waals surface area (Å²) in [6.07, 6.45) is 1.75. The molecule has 1 aliphatic rings. The third-order valence-electron chi connectivity index (χ3n) is 5.63. The molecular weight excluding hydrogens is 398 g/mol. The minimum atomic E-state index is -0.0710. The van der Waals surface area contributed by atoms with Gasteiger partial charge in [-0.25, -0.2) is 0 Å². The summed E-state index contributed by atoms with van der Waals surface area (Å²) in [5.74, 6) is -0.127.